The Bertz CT molecular complexity index is 1070. The van der Waals surface area contributed by atoms with Crippen LogP contribution in [0.15, 0.2) is 59.6 Å². The highest BCUT2D eigenvalue weighted by Crippen LogP contribution is 2.40. The van der Waals surface area contributed by atoms with E-state index in [4.69, 9.17) is 11.6 Å². The minimum atomic E-state index is -3.71. The molecule has 2 heterocycles. The van der Waals surface area contributed by atoms with Crippen LogP contribution >= 0.6 is 11.6 Å². The number of nitrogens with one attached hydrogen (secondary N) is 1. The summed E-state index contributed by atoms with van der Waals surface area (Å²) in [6, 6.07) is 12.1. The Kier molecular flexibility index (Phi) is 4.75. The number of benzene rings is 2. The van der Waals surface area contributed by atoms with Crippen LogP contribution in [0.5, 0.6) is 0 Å². The van der Waals surface area contributed by atoms with Gasteiger partial charge in [0, 0.05) is 22.7 Å². The molecule has 4 rings (SSSR count). The third kappa shape index (κ3) is 3.26. The van der Waals surface area contributed by atoms with Crippen molar-refractivity contribution in [3.63, 3.8) is 0 Å². The Morgan fingerprint density at radius 2 is 1.85 bits per heavy atom. The van der Waals surface area contributed by atoms with Gasteiger partial charge in [-0.15, -0.1) is 0 Å². The van der Waals surface area contributed by atoms with E-state index in [0.29, 0.717) is 41.2 Å². The van der Waals surface area contributed by atoms with Gasteiger partial charge in [0.15, 0.2) is 0 Å². The molecule has 0 amide bonds. The van der Waals surface area contributed by atoms with Crippen LogP contribution in [0.25, 0.3) is 11.1 Å². The van der Waals surface area contributed by atoms with Crippen LogP contribution in [0.3, 0.4) is 0 Å². The third-order valence-corrected chi connectivity index (χ3v) is 6.96. The molecule has 0 radical (unpaired) electrons. The molecule has 1 saturated heterocycles. The first-order valence-corrected chi connectivity index (χ1v) is 10.4. The number of H-pyrrole nitrogens is 1. The average molecular weight is 406 g/mol. The predicted octanol–water partition coefficient (Wildman–Crippen LogP) is 4.40. The second-order valence-corrected chi connectivity index (χ2v) is 8.73. The number of halogens is 2. The number of rotatable bonds is 4. The molecule has 1 aromatic heterocycles. The summed E-state index contributed by atoms with van der Waals surface area (Å²) in [5, 5.41) is 7.42. The number of nitrogens with zero attached hydrogens (tertiary/aromatic N) is 2. The molecule has 2 aromatic carbocycles. The van der Waals surface area contributed by atoms with E-state index in [2.05, 4.69) is 10.2 Å². The highest BCUT2D eigenvalue weighted by molar-refractivity contribution is 7.89. The molecule has 1 N–H and O–H groups in total. The molecule has 1 fully saturated rings. The van der Waals surface area contributed by atoms with Gasteiger partial charge in [-0.05, 0) is 43.2 Å². The second kappa shape index (κ2) is 7.07. The largest absolute Gasteiger partial charge is 0.280 e. The molecule has 3 aromatic rings. The maximum atomic E-state index is 14.3. The van der Waals surface area contributed by atoms with Gasteiger partial charge in [-0.3, -0.25) is 5.10 Å². The zero-order valence-electron chi connectivity index (χ0n) is 14.3. The molecule has 0 bridgehead atoms. The standard InChI is InChI=1S/C19H17ClFN3O2S/c20-13-7-9-14(10-8-13)27(25,26)24-11-3-6-18(24)19-16(12-22-23-19)15-4-1-2-5-17(15)21/h1-2,4-5,7-10,12,18H,3,6,11H2,(H,22,23)/t18-/m0/s1. The highest BCUT2D eigenvalue weighted by atomic mass is 35.5. The van der Waals surface area contributed by atoms with Crippen molar-refractivity contribution in [2.45, 2.75) is 23.8 Å². The van der Waals surface area contributed by atoms with E-state index >= 15 is 0 Å². The maximum Gasteiger partial charge on any atom is 0.243 e. The first-order valence-electron chi connectivity index (χ1n) is 8.54. The molecule has 0 saturated carbocycles. The molecule has 0 unspecified atom stereocenters. The summed E-state index contributed by atoms with van der Waals surface area (Å²) in [5.74, 6) is -0.370. The van der Waals surface area contributed by atoms with Crippen LogP contribution in [-0.4, -0.2) is 29.5 Å². The molecule has 0 spiro atoms. The molecular formula is C19H17ClFN3O2S. The number of hydrogen-bond donors (Lipinski definition) is 1. The smallest absolute Gasteiger partial charge is 0.243 e. The number of aromatic nitrogens is 2. The van der Waals surface area contributed by atoms with Crippen molar-refractivity contribution in [2.75, 3.05) is 6.54 Å². The van der Waals surface area contributed by atoms with Crippen molar-refractivity contribution in [3.8, 4) is 11.1 Å². The van der Waals surface area contributed by atoms with Crippen LogP contribution in [0.1, 0.15) is 24.6 Å². The molecule has 27 heavy (non-hydrogen) atoms. The maximum absolute atomic E-state index is 14.3. The van der Waals surface area contributed by atoms with Crippen LogP contribution < -0.4 is 0 Å². The highest BCUT2D eigenvalue weighted by Gasteiger charge is 2.38. The van der Waals surface area contributed by atoms with Crippen molar-refractivity contribution in [3.05, 3.63) is 71.3 Å². The molecule has 1 atom stereocenters. The van der Waals surface area contributed by atoms with Crippen molar-refractivity contribution < 1.29 is 12.8 Å². The summed E-state index contributed by atoms with van der Waals surface area (Å²) < 4.78 is 42.0. The fraction of sp³-hybridized carbons (Fsp3) is 0.211. The predicted molar refractivity (Wildman–Crippen MR) is 101 cm³/mol. The molecular weight excluding hydrogens is 389 g/mol. The molecule has 1 aliphatic heterocycles. The van der Waals surface area contributed by atoms with Crippen LogP contribution in [-0.2, 0) is 10.0 Å². The Hall–Kier alpha value is -2.22. The normalized spacial score (nSPS) is 18.1. The van der Waals surface area contributed by atoms with Gasteiger partial charge in [-0.1, -0.05) is 29.8 Å². The lowest BCUT2D eigenvalue weighted by atomic mass is 10.0. The lowest BCUT2D eigenvalue weighted by molar-refractivity contribution is 0.390. The molecule has 8 heteroatoms. The Labute approximate surface area is 161 Å². The van der Waals surface area contributed by atoms with Gasteiger partial charge in [0.2, 0.25) is 10.0 Å². The van der Waals surface area contributed by atoms with Gasteiger partial charge in [-0.2, -0.15) is 9.40 Å². The Balaban J connectivity index is 1.74. The van der Waals surface area contributed by atoms with Crippen LogP contribution in [0.4, 0.5) is 4.39 Å². The quantitative estimate of drug-likeness (QED) is 0.699. The van der Waals surface area contributed by atoms with Gasteiger partial charge in [0.25, 0.3) is 0 Å². The van der Waals surface area contributed by atoms with E-state index in [9.17, 15) is 12.8 Å². The van der Waals surface area contributed by atoms with Crippen molar-refractivity contribution >= 4 is 21.6 Å². The molecule has 0 aliphatic carbocycles. The summed E-state index contributed by atoms with van der Waals surface area (Å²) >= 11 is 5.88. The van der Waals surface area contributed by atoms with Gasteiger partial charge < -0.3 is 0 Å². The Morgan fingerprint density at radius 3 is 2.59 bits per heavy atom. The lowest BCUT2D eigenvalue weighted by Gasteiger charge is -2.24. The summed E-state index contributed by atoms with van der Waals surface area (Å²) in [5.41, 5.74) is 1.59. The summed E-state index contributed by atoms with van der Waals surface area (Å²) in [6.07, 6.45) is 2.89. The first kappa shape index (κ1) is 18.2. The molecule has 1 aliphatic rings. The summed E-state index contributed by atoms with van der Waals surface area (Å²) in [7, 11) is -3.71. The second-order valence-electron chi connectivity index (χ2n) is 6.40. The van der Waals surface area contributed by atoms with Gasteiger partial charge in [0.1, 0.15) is 5.82 Å². The zero-order chi connectivity index (χ0) is 19.0. The van der Waals surface area contributed by atoms with E-state index in [1.807, 2.05) is 0 Å². The van der Waals surface area contributed by atoms with E-state index in [1.165, 1.54) is 22.5 Å². The third-order valence-electron chi connectivity index (χ3n) is 4.79. The van der Waals surface area contributed by atoms with Gasteiger partial charge >= 0.3 is 0 Å². The number of hydrogen-bond acceptors (Lipinski definition) is 3. The Morgan fingerprint density at radius 1 is 1.11 bits per heavy atom. The van der Waals surface area contributed by atoms with E-state index in [1.54, 1.807) is 36.5 Å². The molecule has 140 valence electrons. The fourth-order valence-electron chi connectivity index (χ4n) is 3.50. The first-order chi connectivity index (χ1) is 13.0. The van der Waals surface area contributed by atoms with E-state index in [0.717, 1.165) is 0 Å². The van der Waals surface area contributed by atoms with E-state index < -0.39 is 16.1 Å². The van der Waals surface area contributed by atoms with Gasteiger partial charge in [-0.25, -0.2) is 12.8 Å². The van der Waals surface area contributed by atoms with Crippen molar-refractivity contribution in [2.24, 2.45) is 0 Å². The number of sulfonamides is 1. The van der Waals surface area contributed by atoms with Crippen molar-refractivity contribution in [1.82, 2.24) is 14.5 Å². The van der Waals surface area contributed by atoms with Crippen LogP contribution in [0, 0.1) is 5.82 Å². The minimum absolute atomic E-state index is 0.186. The van der Waals surface area contributed by atoms with E-state index in [-0.39, 0.29) is 10.7 Å². The molecule has 5 nitrogen and oxygen atoms in total. The van der Waals surface area contributed by atoms with Gasteiger partial charge in [0.05, 0.1) is 22.8 Å². The van der Waals surface area contributed by atoms with Crippen molar-refractivity contribution in [1.29, 1.82) is 0 Å². The summed E-state index contributed by atoms with van der Waals surface area (Å²) in [4.78, 5) is 0.186. The monoisotopic (exact) mass is 405 g/mol. The zero-order valence-corrected chi connectivity index (χ0v) is 15.8. The topological polar surface area (TPSA) is 66.1 Å². The fourth-order valence-corrected chi connectivity index (χ4v) is 5.29. The minimum Gasteiger partial charge on any atom is -0.280 e. The summed E-state index contributed by atoms with van der Waals surface area (Å²) in [6.45, 7) is 0.394. The number of aromatic amines is 1. The van der Waals surface area contributed by atoms with Crippen LogP contribution in [0.2, 0.25) is 5.02 Å². The SMILES string of the molecule is O=S(=O)(c1ccc(Cl)cc1)N1CCC[C@H]1c1[nH]ncc1-c1ccccc1F. The average Bonchev–Trinajstić information content (AvgIpc) is 3.31. The lowest BCUT2D eigenvalue weighted by Crippen LogP contribution is -2.31.